The standard InChI is InChI=1S/C11H10ClN3/c1-13-11-7-14-6-10(15-11)8-2-4-9(12)5-3-8/h2-7H,1H3,(H,13,15). The molecule has 3 nitrogen and oxygen atoms in total. The normalized spacial score (nSPS) is 10.0. The summed E-state index contributed by atoms with van der Waals surface area (Å²) in [7, 11) is 1.82. The van der Waals surface area contributed by atoms with Crippen LogP contribution in [0.2, 0.25) is 5.02 Å². The molecule has 0 aliphatic rings. The van der Waals surface area contributed by atoms with Crippen LogP contribution in [0.25, 0.3) is 11.3 Å². The molecular formula is C11H10ClN3. The Bertz CT molecular complexity index is 454. The van der Waals surface area contributed by atoms with E-state index in [0.717, 1.165) is 22.1 Å². The molecule has 0 atom stereocenters. The van der Waals surface area contributed by atoms with Gasteiger partial charge in [0.05, 0.1) is 18.1 Å². The van der Waals surface area contributed by atoms with Crippen LogP contribution in [0.3, 0.4) is 0 Å². The summed E-state index contributed by atoms with van der Waals surface area (Å²) in [6.07, 6.45) is 3.41. The van der Waals surface area contributed by atoms with E-state index in [1.807, 2.05) is 31.3 Å². The molecule has 0 unspecified atom stereocenters. The lowest BCUT2D eigenvalue weighted by molar-refractivity contribution is 1.19. The zero-order chi connectivity index (χ0) is 10.7. The summed E-state index contributed by atoms with van der Waals surface area (Å²) in [5.41, 5.74) is 1.84. The first-order valence-corrected chi connectivity index (χ1v) is 4.93. The number of nitrogens with one attached hydrogen (secondary N) is 1. The second-order valence-corrected chi connectivity index (χ2v) is 3.48. The summed E-state index contributed by atoms with van der Waals surface area (Å²) in [5.74, 6) is 0.752. The molecule has 0 aliphatic carbocycles. The van der Waals surface area contributed by atoms with Crippen molar-refractivity contribution in [3.05, 3.63) is 41.7 Å². The van der Waals surface area contributed by atoms with Crippen molar-refractivity contribution in [2.24, 2.45) is 0 Å². The van der Waals surface area contributed by atoms with E-state index in [2.05, 4.69) is 15.3 Å². The van der Waals surface area contributed by atoms with E-state index in [9.17, 15) is 0 Å². The average molecular weight is 220 g/mol. The van der Waals surface area contributed by atoms with Crippen LogP contribution < -0.4 is 5.32 Å². The van der Waals surface area contributed by atoms with Gasteiger partial charge >= 0.3 is 0 Å². The van der Waals surface area contributed by atoms with Crippen molar-refractivity contribution < 1.29 is 0 Å². The number of aromatic nitrogens is 2. The molecule has 0 spiro atoms. The molecule has 0 amide bonds. The van der Waals surface area contributed by atoms with Crippen molar-refractivity contribution in [3.63, 3.8) is 0 Å². The van der Waals surface area contributed by atoms with Crippen molar-refractivity contribution in [1.29, 1.82) is 0 Å². The fraction of sp³-hybridized carbons (Fsp3) is 0.0909. The van der Waals surface area contributed by atoms with Crippen LogP contribution in [0.4, 0.5) is 5.82 Å². The predicted octanol–water partition coefficient (Wildman–Crippen LogP) is 2.84. The molecule has 15 heavy (non-hydrogen) atoms. The van der Waals surface area contributed by atoms with Crippen LogP contribution >= 0.6 is 11.6 Å². The Hall–Kier alpha value is -1.61. The zero-order valence-electron chi connectivity index (χ0n) is 8.24. The van der Waals surface area contributed by atoms with Crippen LogP contribution in [0.5, 0.6) is 0 Å². The monoisotopic (exact) mass is 219 g/mol. The van der Waals surface area contributed by atoms with Gasteiger partial charge in [-0.1, -0.05) is 23.7 Å². The molecule has 0 aliphatic heterocycles. The van der Waals surface area contributed by atoms with Gasteiger partial charge in [-0.3, -0.25) is 4.98 Å². The van der Waals surface area contributed by atoms with Gasteiger partial charge in [0.15, 0.2) is 0 Å². The van der Waals surface area contributed by atoms with Crippen molar-refractivity contribution >= 4 is 17.4 Å². The van der Waals surface area contributed by atoms with Gasteiger partial charge in [0.1, 0.15) is 5.82 Å². The van der Waals surface area contributed by atoms with E-state index in [1.54, 1.807) is 12.4 Å². The maximum Gasteiger partial charge on any atom is 0.144 e. The van der Waals surface area contributed by atoms with Crippen molar-refractivity contribution in [3.8, 4) is 11.3 Å². The van der Waals surface area contributed by atoms with Crippen molar-refractivity contribution in [2.75, 3.05) is 12.4 Å². The number of hydrogen-bond donors (Lipinski definition) is 1. The molecule has 76 valence electrons. The summed E-state index contributed by atoms with van der Waals surface area (Å²) in [4.78, 5) is 8.47. The van der Waals surface area contributed by atoms with Crippen LogP contribution in [0.1, 0.15) is 0 Å². The molecule has 1 aromatic carbocycles. The summed E-state index contributed by atoms with van der Waals surface area (Å²) in [6, 6.07) is 7.52. The van der Waals surface area contributed by atoms with Gasteiger partial charge in [-0.05, 0) is 12.1 Å². The number of anilines is 1. The highest BCUT2D eigenvalue weighted by Gasteiger charge is 2.00. The summed E-state index contributed by atoms with van der Waals surface area (Å²) in [5, 5.41) is 3.67. The Labute approximate surface area is 93.1 Å². The fourth-order valence-electron chi connectivity index (χ4n) is 1.25. The van der Waals surface area contributed by atoms with E-state index < -0.39 is 0 Å². The first-order chi connectivity index (χ1) is 7.29. The fourth-order valence-corrected chi connectivity index (χ4v) is 1.37. The van der Waals surface area contributed by atoms with Crippen LogP contribution in [0, 0.1) is 0 Å². The number of rotatable bonds is 2. The molecule has 1 N–H and O–H groups in total. The lowest BCUT2D eigenvalue weighted by Gasteiger charge is -2.03. The first-order valence-electron chi connectivity index (χ1n) is 4.55. The molecule has 0 saturated heterocycles. The minimum absolute atomic E-state index is 0.719. The summed E-state index contributed by atoms with van der Waals surface area (Å²) in [6.45, 7) is 0. The second kappa shape index (κ2) is 4.28. The van der Waals surface area contributed by atoms with E-state index in [-0.39, 0.29) is 0 Å². The smallest absolute Gasteiger partial charge is 0.144 e. The number of halogens is 1. The molecule has 1 aromatic heterocycles. The Kier molecular flexibility index (Phi) is 2.83. The topological polar surface area (TPSA) is 37.8 Å². The van der Waals surface area contributed by atoms with Crippen LogP contribution in [-0.2, 0) is 0 Å². The number of hydrogen-bond acceptors (Lipinski definition) is 3. The lowest BCUT2D eigenvalue weighted by atomic mass is 10.2. The van der Waals surface area contributed by atoms with E-state index in [1.165, 1.54) is 0 Å². The first kappa shape index (κ1) is 9.93. The Morgan fingerprint density at radius 2 is 1.87 bits per heavy atom. The number of nitrogens with zero attached hydrogens (tertiary/aromatic N) is 2. The Morgan fingerprint density at radius 3 is 2.53 bits per heavy atom. The van der Waals surface area contributed by atoms with E-state index >= 15 is 0 Å². The van der Waals surface area contributed by atoms with Gasteiger partial charge in [0.25, 0.3) is 0 Å². The van der Waals surface area contributed by atoms with Gasteiger partial charge in [-0.15, -0.1) is 0 Å². The molecule has 4 heteroatoms. The Morgan fingerprint density at radius 1 is 1.13 bits per heavy atom. The highest BCUT2D eigenvalue weighted by atomic mass is 35.5. The van der Waals surface area contributed by atoms with Crippen LogP contribution in [0.15, 0.2) is 36.7 Å². The minimum Gasteiger partial charge on any atom is -0.372 e. The SMILES string of the molecule is CNc1cncc(-c2ccc(Cl)cc2)n1. The third-order valence-electron chi connectivity index (χ3n) is 2.03. The Balaban J connectivity index is 2.40. The molecule has 1 heterocycles. The van der Waals surface area contributed by atoms with E-state index in [4.69, 9.17) is 11.6 Å². The minimum atomic E-state index is 0.719. The van der Waals surface area contributed by atoms with Gasteiger partial charge in [-0.25, -0.2) is 4.98 Å². The highest BCUT2D eigenvalue weighted by molar-refractivity contribution is 6.30. The summed E-state index contributed by atoms with van der Waals surface area (Å²) >= 11 is 5.81. The average Bonchev–Trinajstić information content (AvgIpc) is 2.30. The third kappa shape index (κ3) is 2.25. The lowest BCUT2D eigenvalue weighted by Crippen LogP contribution is -1.94. The maximum absolute atomic E-state index is 5.81. The van der Waals surface area contributed by atoms with Gasteiger partial charge in [0, 0.05) is 17.6 Å². The molecule has 2 aromatic rings. The molecule has 0 saturated carbocycles. The molecule has 2 rings (SSSR count). The molecule has 0 radical (unpaired) electrons. The maximum atomic E-state index is 5.81. The van der Waals surface area contributed by atoms with Gasteiger partial charge in [0.2, 0.25) is 0 Å². The highest BCUT2D eigenvalue weighted by Crippen LogP contribution is 2.19. The number of benzene rings is 1. The van der Waals surface area contributed by atoms with Gasteiger partial charge < -0.3 is 5.32 Å². The van der Waals surface area contributed by atoms with Crippen molar-refractivity contribution in [2.45, 2.75) is 0 Å². The quantitative estimate of drug-likeness (QED) is 0.844. The molecular weight excluding hydrogens is 210 g/mol. The van der Waals surface area contributed by atoms with Crippen LogP contribution in [-0.4, -0.2) is 17.0 Å². The van der Waals surface area contributed by atoms with Gasteiger partial charge in [-0.2, -0.15) is 0 Å². The van der Waals surface area contributed by atoms with Crippen molar-refractivity contribution in [1.82, 2.24) is 9.97 Å². The predicted molar refractivity (Wildman–Crippen MR) is 62.0 cm³/mol. The largest absolute Gasteiger partial charge is 0.372 e. The third-order valence-corrected chi connectivity index (χ3v) is 2.28. The van der Waals surface area contributed by atoms with E-state index in [0.29, 0.717) is 0 Å². The molecule has 0 fully saturated rings. The summed E-state index contributed by atoms with van der Waals surface area (Å²) < 4.78 is 0. The second-order valence-electron chi connectivity index (χ2n) is 3.05. The zero-order valence-corrected chi connectivity index (χ0v) is 8.99. The molecule has 0 bridgehead atoms.